The zero-order chi connectivity index (χ0) is 29.0. The van der Waals surface area contributed by atoms with Gasteiger partial charge in [-0.25, -0.2) is 0 Å². The number of fused-ring (bicyclic) bond motifs is 7. The highest BCUT2D eigenvalue weighted by Crippen LogP contribution is 2.43. The normalized spacial score (nSPS) is 11.6. The van der Waals surface area contributed by atoms with Crippen LogP contribution in [0.2, 0.25) is 0 Å². The van der Waals surface area contributed by atoms with Crippen molar-refractivity contribution in [1.82, 2.24) is 0 Å². The third kappa shape index (κ3) is 3.89. The summed E-state index contributed by atoms with van der Waals surface area (Å²) in [7, 11) is 0. The molecule has 0 aliphatic carbocycles. The highest BCUT2D eigenvalue weighted by molar-refractivity contribution is 6.21. The predicted octanol–water partition coefficient (Wildman–Crippen LogP) is 12.2. The molecule has 44 heavy (non-hydrogen) atoms. The number of furan rings is 2. The number of benzene rings is 7. The van der Waals surface area contributed by atoms with Gasteiger partial charge in [-0.1, -0.05) is 133 Å². The van der Waals surface area contributed by atoms with Gasteiger partial charge in [0.05, 0.1) is 0 Å². The molecule has 0 N–H and O–H groups in total. The standard InChI is InChI=1S/C42H26O2/c1-3-11-27(12-4-1)29-15-7-17-31(25-29)33-19-9-21-35-37-23-24-38-36-22-10-20-34(40(36)44-42(38)41(37)43-39(33)35)32-18-8-16-30(26-32)28-13-5-2-6-14-28/h1-26H. The summed E-state index contributed by atoms with van der Waals surface area (Å²) in [4.78, 5) is 0. The lowest BCUT2D eigenvalue weighted by molar-refractivity contribution is 0.634. The van der Waals surface area contributed by atoms with E-state index in [4.69, 9.17) is 8.83 Å². The molecule has 0 bridgehead atoms. The van der Waals surface area contributed by atoms with Crippen LogP contribution in [0.1, 0.15) is 0 Å². The summed E-state index contributed by atoms with van der Waals surface area (Å²) in [5.74, 6) is 0. The van der Waals surface area contributed by atoms with E-state index in [2.05, 4.69) is 146 Å². The van der Waals surface area contributed by atoms with E-state index in [0.717, 1.165) is 66.1 Å². The van der Waals surface area contributed by atoms with Crippen molar-refractivity contribution in [2.24, 2.45) is 0 Å². The number of hydrogen-bond donors (Lipinski definition) is 0. The summed E-state index contributed by atoms with van der Waals surface area (Å²) in [6, 6.07) is 55.4. The Morgan fingerprint density at radius 1 is 0.250 bits per heavy atom. The molecular formula is C42H26O2. The quantitative estimate of drug-likeness (QED) is 0.213. The minimum Gasteiger partial charge on any atom is -0.451 e. The van der Waals surface area contributed by atoms with Crippen molar-refractivity contribution >= 4 is 43.9 Å². The van der Waals surface area contributed by atoms with E-state index in [1.54, 1.807) is 0 Å². The van der Waals surface area contributed by atoms with Crippen LogP contribution in [-0.4, -0.2) is 0 Å². The van der Waals surface area contributed by atoms with Gasteiger partial charge in [0.25, 0.3) is 0 Å². The molecule has 0 unspecified atom stereocenters. The zero-order valence-corrected chi connectivity index (χ0v) is 23.8. The Labute approximate surface area is 254 Å². The van der Waals surface area contributed by atoms with Gasteiger partial charge < -0.3 is 8.83 Å². The molecule has 9 rings (SSSR count). The van der Waals surface area contributed by atoms with Crippen LogP contribution in [-0.2, 0) is 0 Å². The topological polar surface area (TPSA) is 26.3 Å². The van der Waals surface area contributed by atoms with E-state index in [1.165, 1.54) is 22.3 Å². The predicted molar refractivity (Wildman–Crippen MR) is 183 cm³/mol. The Morgan fingerprint density at radius 2 is 0.614 bits per heavy atom. The Hall–Kier alpha value is -5.86. The second-order valence-electron chi connectivity index (χ2n) is 11.3. The maximum Gasteiger partial charge on any atom is 0.178 e. The van der Waals surface area contributed by atoms with Crippen molar-refractivity contribution in [2.75, 3.05) is 0 Å². The monoisotopic (exact) mass is 562 g/mol. The first-order chi connectivity index (χ1) is 21.8. The second kappa shape index (κ2) is 9.86. The first-order valence-electron chi connectivity index (χ1n) is 14.9. The Kier molecular flexibility index (Phi) is 5.54. The van der Waals surface area contributed by atoms with E-state index in [1.807, 2.05) is 12.1 Å². The van der Waals surface area contributed by atoms with Crippen LogP contribution in [0.5, 0.6) is 0 Å². The summed E-state index contributed by atoms with van der Waals surface area (Å²) in [6.45, 7) is 0. The van der Waals surface area contributed by atoms with Gasteiger partial charge in [-0.15, -0.1) is 0 Å². The third-order valence-corrected chi connectivity index (χ3v) is 8.69. The molecule has 7 aromatic carbocycles. The molecule has 0 saturated heterocycles. The summed E-state index contributed by atoms with van der Waals surface area (Å²) in [5.41, 5.74) is 12.4. The lowest BCUT2D eigenvalue weighted by Crippen LogP contribution is -1.82. The van der Waals surface area contributed by atoms with Crippen molar-refractivity contribution < 1.29 is 8.83 Å². The third-order valence-electron chi connectivity index (χ3n) is 8.69. The first-order valence-corrected chi connectivity index (χ1v) is 14.9. The molecule has 0 spiro atoms. The van der Waals surface area contributed by atoms with Gasteiger partial charge in [0.2, 0.25) is 0 Å². The highest BCUT2D eigenvalue weighted by Gasteiger charge is 2.20. The molecule has 0 radical (unpaired) electrons. The molecule has 206 valence electrons. The van der Waals surface area contributed by atoms with Crippen LogP contribution in [0.4, 0.5) is 0 Å². The fourth-order valence-corrected chi connectivity index (χ4v) is 6.56. The SMILES string of the molecule is c1ccc(-c2cccc(-c3cccc4c3oc3c4ccc4c5cccc(-c6cccc(-c7ccccc7)c6)c5oc43)c2)cc1. The maximum atomic E-state index is 6.76. The van der Waals surface area contributed by atoms with Crippen molar-refractivity contribution in [1.29, 1.82) is 0 Å². The van der Waals surface area contributed by atoms with Crippen LogP contribution in [0.15, 0.2) is 167 Å². The highest BCUT2D eigenvalue weighted by atomic mass is 16.4. The van der Waals surface area contributed by atoms with Gasteiger partial charge in [-0.3, -0.25) is 0 Å². The van der Waals surface area contributed by atoms with Crippen molar-refractivity contribution in [3.8, 4) is 44.5 Å². The van der Waals surface area contributed by atoms with E-state index in [0.29, 0.717) is 0 Å². The number of hydrogen-bond acceptors (Lipinski definition) is 2. The van der Waals surface area contributed by atoms with E-state index >= 15 is 0 Å². The zero-order valence-electron chi connectivity index (χ0n) is 23.8. The largest absolute Gasteiger partial charge is 0.451 e. The fraction of sp³-hybridized carbons (Fsp3) is 0. The van der Waals surface area contributed by atoms with Crippen LogP contribution in [0, 0.1) is 0 Å². The van der Waals surface area contributed by atoms with Gasteiger partial charge in [0.15, 0.2) is 11.2 Å². The van der Waals surface area contributed by atoms with Gasteiger partial charge in [-0.2, -0.15) is 0 Å². The van der Waals surface area contributed by atoms with E-state index in [-0.39, 0.29) is 0 Å². The minimum atomic E-state index is 0.782. The maximum absolute atomic E-state index is 6.76. The average molecular weight is 563 g/mol. The molecule has 0 atom stereocenters. The molecule has 2 heterocycles. The first kappa shape index (κ1) is 24.7. The summed E-state index contributed by atoms with van der Waals surface area (Å²) < 4.78 is 13.5. The van der Waals surface area contributed by atoms with Crippen molar-refractivity contribution in [3.05, 3.63) is 158 Å². The Balaban J connectivity index is 1.23. The fourth-order valence-electron chi connectivity index (χ4n) is 6.56. The summed E-state index contributed by atoms with van der Waals surface area (Å²) in [5, 5.41) is 4.28. The molecule has 2 aromatic heterocycles. The van der Waals surface area contributed by atoms with Gasteiger partial charge >= 0.3 is 0 Å². The lowest BCUT2D eigenvalue weighted by atomic mass is 9.97. The minimum absolute atomic E-state index is 0.782. The molecule has 0 aliphatic heterocycles. The average Bonchev–Trinajstić information content (AvgIpc) is 3.68. The van der Waals surface area contributed by atoms with Gasteiger partial charge in [0, 0.05) is 32.7 Å². The summed E-state index contributed by atoms with van der Waals surface area (Å²) >= 11 is 0. The molecule has 0 saturated carbocycles. The second-order valence-corrected chi connectivity index (χ2v) is 11.3. The molecule has 0 aliphatic rings. The lowest BCUT2D eigenvalue weighted by Gasteiger charge is -2.07. The number of rotatable bonds is 4. The van der Waals surface area contributed by atoms with Crippen LogP contribution in [0.3, 0.4) is 0 Å². The molecule has 2 nitrogen and oxygen atoms in total. The molecule has 0 amide bonds. The van der Waals surface area contributed by atoms with Crippen LogP contribution >= 0.6 is 0 Å². The molecule has 0 fully saturated rings. The van der Waals surface area contributed by atoms with Crippen molar-refractivity contribution in [2.45, 2.75) is 0 Å². The molecule has 2 heteroatoms. The van der Waals surface area contributed by atoms with E-state index in [9.17, 15) is 0 Å². The smallest absolute Gasteiger partial charge is 0.178 e. The Bertz CT molecular complexity index is 2300. The molecule has 9 aromatic rings. The number of para-hydroxylation sites is 2. The summed E-state index contributed by atoms with van der Waals surface area (Å²) in [6.07, 6.45) is 0. The molecular weight excluding hydrogens is 536 g/mol. The Morgan fingerprint density at radius 3 is 1.07 bits per heavy atom. The van der Waals surface area contributed by atoms with Crippen LogP contribution < -0.4 is 0 Å². The van der Waals surface area contributed by atoms with Gasteiger partial charge in [0.1, 0.15) is 11.2 Å². The van der Waals surface area contributed by atoms with Crippen LogP contribution in [0.25, 0.3) is 88.4 Å². The van der Waals surface area contributed by atoms with Crippen molar-refractivity contribution in [3.63, 3.8) is 0 Å². The van der Waals surface area contributed by atoms with Gasteiger partial charge in [-0.05, 0) is 57.6 Å². The van der Waals surface area contributed by atoms with E-state index < -0.39 is 0 Å².